The van der Waals surface area contributed by atoms with E-state index in [4.69, 9.17) is 23.2 Å². The molecule has 0 saturated carbocycles. The zero-order valence-electron chi connectivity index (χ0n) is 10.4. The van der Waals surface area contributed by atoms with Gasteiger partial charge in [-0.25, -0.2) is 4.39 Å². The summed E-state index contributed by atoms with van der Waals surface area (Å²) in [5.74, 6) is -0.428. The van der Waals surface area contributed by atoms with Crippen LogP contribution in [0.4, 0.5) is 4.39 Å². The van der Waals surface area contributed by atoms with Crippen molar-refractivity contribution in [2.24, 2.45) is 0 Å². The van der Waals surface area contributed by atoms with Gasteiger partial charge in [0.25, 0.3) is 0 Å². The molecule has 1 aromatic rings. The van der Waals surface area contributed by atoms with Crippen molar-refractivity contribution >= 4 is 23.2 Å². The van der Waals surface area contributed by atoms with Gasteiger partial charge < -0.3 is 5.32 Å². The Balaban J connectivity index is 2.81. The average Bonchev–Trinajstić information content (AvgIpc) is 2.23. The molecule has 0 heterocycles. The lowest BCUT2D eigenvalue weighted by molar-refractivity contribution is 0.451. The maximum Gasteiger partial charge on any atom is 0.142 e. The molecule has 1 aromatic carbocycles. The van der Waals surface area contributed by atoms with Crippen LogP contribution in [0.1, 0.15) is 45.2 Å². The van der Waals surface area contributed by atoms with Crippen LogP contribution in [0.15, 0.2) is 12.1 Å². The van der Waals surface area contributed by atoms with Gasteiger partial charge >= 0.3 is 0 Å². The number of hydrogen-bond donors (Lipinski definition) is 1. The van der Waals surface area contributed by atoms with Crippen molar-refractivity contribution in [2.45, 2.75) is 45.7 Å². The van der Waals surface area contributed by atoms with Gasteiger partial charge in [0.05, 0.1) is 5.02 Å². The Morgan fingerprint density at radius 3 is 2.47 bits per heavy atom. The van der Waals surface area contributed by atoms with Gasteiger partial charge in [-0.3, -0.25) is 0 Å². The lowest BCUT2D eigenvalue weighted by atomic mass is 10.1. The molecule has 0 fully saturated rings. The molecule has 17 heavy (non-hydrogen) atoms. The fraction of sp³-hybridized carbons (Fsp3) is 0.538. The summed E-state index contributed by atoms with van der Waals surface area (Å²) in [5, 5.41) is 3.95. The van der Waals surface area contributed by atoms with E-state index in [1.165, 1.54) is 12.1 Å². The Hall–Kier alpha value is -0.310. The molecular weight excluding hydrogens is 260 g/mol. The van der Waals surface area contributed by atoms with Crippen molar-refractivity contribution in [3.8, 4) is 0 Å². The largest absolute Gasteiger partial charge is 0.308 e. The van der Waals surface area contributed by atoms with Crippen LogP contribution in [0.2, 0.25) is 10.0 Å². The lowest BCUT2D eigenvalue weighted by Gasteiger charge is -2.21. The molecule has 0 radical (unpaired) electrons. The van der Waals surface area contributed by atoms with E-state index in [9.17, 15) is 4.39 Å². The first-order valence-electron chi connectivity index (χ1n) is 5.86. The van der Waals surface area contributed by atoms with Gasteiger partial charge in [-0.2, -0.15) is 0 Å². The van der Waals surface area contributed by atoms with Gasteiger partial charge in [0, 0.05) is 17.1 Å². The van der Waals surface area contributed by atoms with Crippen LogP contribution in [0.3, 0.4) is 0 Å². The summed E-state index contributed by atoms with van der Waals surface area (Å²) in [7, 11) is 0. The number of halogens is 3. The predicted molar refractivity (Wildman–Crippen MR) is 72.3 cm³/mol. The van der Waals surface area contributed by atoms with Crippen molar-refractivity contribution in [1.29, 1.82) is 0 Å². The summed E-state index contributed by atoms with van der Waals surface area (Å²) in [5.41, 5.74) is 0.747. The second-order valence-electron chi connectivity index (χ2n) is 4.37. The second-order valence-corrected chi connectivity index (χ2v) is 5.18. The Bertz CT molecular complexity index is 382. The third kappa shape index (κ3) is 4.13. The predicted octanol–water partition coefficient (Wildman–Crippen LogP) is 4.97. The Morgan fingerprint density at radius 2 is 1.88 bits per heavy atom. The highest BCUT2D eigenvalue weighted by Gasteiger charge is 2.14. The van der Waals surface area contributed by atoms with Crippen LogP contribution in [0.25, 0.3) is 0 Å². The van der Waals surface area contributed by atoms with Crippen molar-refractivity contribution in [3.63, 3.8) is 0 Å². The number of benzene rings is 1. The first-order valence-corrected chi connectivity index (χ1v) is 6.61. The standard InChI is InChI=1S/C13H18Cl2FN/c1-4-5-8(2)17-9(3)10-6-13(16)12(15)7-11(10)14/h6-9,17H,4-5H2,1-3H3. The number of hydrogen-bond acceptors (Lipinski definition) is 1. The quantitative estimate of drug-likeness (QED) is 0.750. The molecular formula is C13H18Cl2FN. The van der Waals surface area contributed by atoms with Crippen LogP contribution in [-0.4, -0.2) is 6.04 Å². The Morgan fingerprint density at radius 1 is 1.24 bits per heavy atom. The van der Waals surface area contributed by atoms with Gasteiger partial charge in [0.2, 0.25) is 0 Å². The zero-order valence-corrected chi connectivity index (χ0v) is 11.9. The van der Waals surface area contributed by atoms with Gasteiger partial charge in [0.15, 0.2) is 0 Å². The first kappa shape index (κ1) is 14.7. The van der Waals surface area contributed by atoms with Crippen LogP contribution < -0.4 is 5.32 Å². The molecule has 0 bridgehead atoms. The normalized spacial score (nSPS) is 14.7. The summed E-state index contributed by atoms with van der Waals surface area (Å²) in [6.45, 7) is 6.22. The molecule has 0 aliphatic heterocycles. The third-order valence-electron chi connectivity index (χ3n) is 2.76. The third-order valence-corrected chi connectivity index (χ3v) is 3.38. The minimum absolute atomic E-state index is 0.0100. The van der Waals surface area contributed by atoms with Crippen LogP contribution in [0, 0.1) is 5.82 Å². The van der Waals surface area contributed by atoms with Gasteiger partial charge in [-0.1, -0.05) is 36.5 Å². The summed E-state index contributed by atoms with van der Waals surface area (Å²) in [6.07, 6.45) is 2.20. The SMILES string of the molecule is CCCC(C)NC(C)c1cc(F)c(Cl)cc1Cl. The van der Waals surface area contributed by atoms with Gasteiger partial charge in [0.1, 0.15) is 5.82 Å². The highest BCUT2D eigenvalue weighted by molar-refractivity contribution is 6.35. The lowest BCUT2D eigenvalue weighted by Crippen LogP contribution is -2.28. The molecule has 1 N–H and O–H groups in total. The van der Waals surface area contributed by atoms with Crippen LogP contribution in [0.5, 0.6) is 0 Å². The minimum atomic E-state index is -0.428. The van der Waals surface area contributed by atoms with Crippen molar-refractivity contribution in [2.75, 3.05) is 0 Å². The first-order chi connectivity index (χ1) is 7.95. The molecule has 0 aromatic heterocycles. The monoisotopic (exact) mass is 277 g/mol. The summed E-state index contributed by atoms with van der Waals surface area (Å²) >= 11 is 11.7. The Labute approximate surface area is 112 Å². The fourth-order valence-corrected chi connectivity index (χ4v) is 2.45. The molecule has 2 unspecified atom stereocenters. The molecule has 0 spiro atoms. The molecule has 2 atom stereocenters. The summed E-state index contributed by atoms with van der Waals surface area (Å²) in [4.78, 5) is 0. The van der Waals surface area contributed by atoms with E-state index < -0.39 is 5.82 Å². The van der Waals surface area contributed by atoms with E-state index in [-0.39, 0.29) is 11.1 Å². The molecule has 0 amide bonds. The summed E-state index contributed by atoms with van der Waals surface area (Å²) < 4.78 is 13.4. The molecule has 1 nitrogen and oxygen atoms in total. The maximum atomic E-state index is 13.4. The van der Waals surface area contributed by atoms with E-state index in [1.54, 1.807) is 0 Å². The van der Waals surface area contributed by atoms with E-state index in [0.717, 1.165) is 18.4 Å². The molecule has 4 heteroatoms. The number of nitrogens with one attached hydrogen (secondary N) is 1. The number of rotatable bonds is 5. The topological polar surface area (TPSA) is 12.0 Å². The minimum Gasteiger partial charge on any atom is -0.308 e. The van der Waals surface area contributed by atoms with Crippen molar-refractivity contribution in [3.05, 3.63) is 33.6 Å². The van der Waals surface area contributed by atoms with Crippen LogP contribution >= 0.6 is 23.2 Å². The summed E-state index contributed by atoms with van der Waals surface area (Å²) in [6, 6.07) is 3.25. The van der Waals surface area contributed by atoms with Crippen molar-refractivity contribution in [1.82, 2.24) is 5.32 Å². The van der Waals surface area contributed by atoms with Gasteiger partial charge in [-0.15, -0.1) is 0 Å². The average molecular weight is 278 g/mol. The second kappa shape index (κ2) is 6.58. The van der Waals surface area contributed by atoms with E-state index in [2.05, 4.69) is 19.2 Å². The van der Waals surface area contributed by atoms with Crippen molar-refractivity contribution < 1.29 is 4.39 Å². The maximum absolute atomic E-state index is 13.4. The smallest absolute Gasteiger partial charge is 0.142 e. The van der Waals surface area contributed by atoms with E-state index >= 15 is 0 Å². The Kier molecular flexibility index (Phi) is 5.71. The zero-order chi connectivity index (χ0) is 13.0. The fourth-order valence-electron chi connectivity index (χ4n) is 1.90. The molecule has 96 valence electrons. The highest BCUT2D eigenvalue weighted by Crippen LogP contribution is 2.28. The van der Waals surface area contributed by atoms with Gasteiger partial charge in [-0.05, 0) is 38.0 Å². The molecule has 0 saturated heterocycles. The van der Waals surface area contributed by atoms with E-state index in [0.29, 0.717) is 11.1 Å². The molecule has 0 aliphatic rings. The van der Waals surface area contributed by atoms with Crippen LogP contribution in [-0.2, 0) is 0 Å². The van der Waals surface area contributed by atoms with E-state index in [1.807, 2.05) is 6.92 Å². The highest BCUT2D eigenvalue weighted by atomic mass is 35.5. The molecule has 1 rings (SSSR count). The molecule has 0 aliphatic carbocycles.